The van der Waals surface area contributed by atoms with Crippen molar-refractivity contribution in [3.63, 3.8) is 0 Å². The molecule has 0 aliphatic carbocycles. The third-order valence-corrected chi connectivity index (χ3v) is 3.16. The highest BCUT2D eigenvalue weighted by Gasteiger charge is 2.39. The molecule has 0 bridgehead atoms. The molecule has 102 valence electrons. The van der Waals surface area contributed by atoms with E-state index >= 15 is 0 Å². The van der Waals surface area contributed by atoms with Gasteiger partial charge in [-0.15, -0.1) is 0 Å². The smallest absolute Gasteiger partial charge is 0.327 e. The van der Waals surface area contributed by atoms with Crippen LogP contribution in [-0.2, 0) is 20.7 Å². The van der Waals surface area contributed by atoms with Crippen molar-refractivity contribution < 1.29 is 19.4 Å². The number of amides is 1. The topological polar surface area (TPSA) is 92.9 Å². The van der Waals surface area contributed by atoms with Crippen LogP contribution in [0.2, 0.25) is 0 Å². The molecule has 1 aromatic carbocycles. The maximum absolute atomic E-state index is 12.3. The number of para-hydroxylation sites is 1. The Bertz CT molecular complexity index is 503. The van der Waals surface area contributed by atoms with Crippen LogP contribution in [-0.4, -0.2) is 42.8 Å². The molecule has 0 saturated heterocycles. The van der Waals surface area contributed by atoms with Crippen LogP contribution in [0.3, 0.4) is 0 Å². The zero-order valence-electron chi connectivity index (χ0n) is 10.6. The Hall–Kier alpha value is -1.92. The van der Waals surface area contributed by atoms with E-state index < -0.39 is 24.0 Å². The van der Waals surface area contributed by atoms with Crippen LogP contribution in [0.4, 0.5) is 5.69 Å². The number of anilines is 1. The third kappa shape index (κ3) is 2.45. The van der Waals surface area contributed by atoms with Crippen LogP contribution < -0.4 is 10.6 Å². The molecule has 19 heavy (non-hydrogen) atoms. The molecular weight excluding hydrogens is 248 g/mol. The van der Waals surface area contributed by atoms with Gasteiger partial charge in [-0.3, -0.25) is 9.69 Å². The second kappa shape index (κ2) is 5.38. The Balaban J connectivity index is 2.34. The number of fused-ring (bicyclic) bond motifs is 1. The van der Waals surface area contributed by atoms with Gasteiger partial charge in [-0.1, -0.05) is 18.2 Å². The van der Waals surface area contributed by atoms with Gasteiger partial charge < -0.3 is 15.6 Å². The van der Waals surface area contributed by atoms with E-state index in [-0.39, 0.29) is 6.61 Å². The van der Waals surface area contributed by atoms with Crippen molar-refractivity contribution in [3.05, 3.63) is 29.8 Å². The molecule has 1 aliphatic rings. The van der Waals surface area contributed by atoms with Crippen molar-refractivity contribution in [3.8, 4) is 0 Å². The highest BCUT2D eigenvalue weighted by Crippen LogP contribution is 2.32. The van der Waals surface area contributed by atoms with E-state index in [2.05, 4.69) is 0 Å². The monoisotopic (exact) mass is 264 g/mol. The molecular formula is C13H16N2O4. The van der Waals surface area contributed by atoms with Crippen LogP contribution >= 0.6 is 0 Å². The van der Waals surface area contributed by atoms with Crippen LogP contribution in [0.5, 0.6) is 0 Å². The van der Waals surface area contributed by atoms with Gasteiger partial charge in [0.1, 0.15) is 12.1 Å². The summed E-state index contributed by atoms with van der Waals surface area (Å²) in [6.07, 6.45) is 0.303. The Labute approximate surface area is 110 Å². The molecule has 6 heteroatoms. The SMILES string of the molecule is COCC(N)C(=O)N1c2ccccc2CC1C(=O)O. The maximum Gasteiger partial charge on any atom is 0.327 e. The molecule has 2 rings (SSSR count). The second-order valence-corrected chi connectivity index (χ2v) is 4.46. The molecule has 1 amide bonds. The molecule has 0 fully saturated rings. The highest BCUT2D eigenvalue weighted by molar-refractivity contribution is 6.04. The van der Waals surface area contributed by atoms with Gasteiger partial charge in [-0.25, -0.2) is 4.79 Å². The van der Waals surface area contributed by atoms with Crippen LogP contribution in [0, 0.1) is 0 Å². The number of carboxylic acids is 1. The first-order chi connectivity index (χ1) is 9.06. The summed E-state index contributed by atoms with van der Waals surface area (Å²) in [7, 11) is 1.44. The number of ether oxygens (including phenoxy) is 1. The van der Waals surface area contributed by atoms with Crippen molar-refractivity contribution in [1.29, 1.82) is 0 Å². The zero-order chi connectivity index (χ0) is 14.0. The van der Waals surface area contributed by atoms with E-state index in [1.807, 2.05) is 12.1 Å². The lowest BCUT2D eigenvalue weighted by atomic mass is 10.1. The van der Waals surface area contributed by atoms with Gasteiger partial charge in [-0.05, 0) is 11.6 Å². The number of aliphatic carboxylic acids is 1. The van der Waals surface area contributed by atoms with Crippen LogP contribution in [0.25, 0.3) is 0 Å². The molecule has 1 aromatic rings. The summed E-state index contributed by atoms with van der Waals surface area (Å²) in [5, 5.41) is 9.25. The van der Waals surface area contributed by atoms with E-state index in [4.69, 9.17) is 10.5 Å². The predicted octanol–water partition coefficient (Wildman–Crippen LogP) is 0.00260. The van der Waals surface area contributed by atoms with E-state index in [1.165, 1.54) is 12.0 Å². The third-order valence-electron chi connectivity index (χ3n) is 3.16. The van der Waals surface area contributed by atoms with E-state index in [1.54, 1.807) is 12.1 Å². The van der Waals surface area contributed by atoms with Crippen molar-refractivity contribution >= 4 is 17.6 Å². The molecule has 2 atom stereocenters. The zero-order valence-corrected chi connectivity index (χ0v) is 10.6. The van der Waals surface area contributed by atoms with E-state index in [0.717, 1.165) is 5.56 Å². The average molecular weight is 264 g/mol. The van der Waals surface area contributed by atoms with Gasteiger partial charge in [-0.2, -0.15) is 0 Å². The Morgan fingerprint density at radius 1 is 1.53 bits per heavy atom. The fourth-order valence-corrected chi connectivity index (χ4v) is 2.29. The first-order valence-electron chi connectivity index (χ1n) is 5.94. The molecule has 3 N–H and O–H groups in total. The summed E-state index contributed by atoms with van der Waals surface area (Å²) in [5.74, 6) is -1.46. The first kappa shape index (κ1) is 13.5. The van der Waals surface area contributed by atoms with Crippen molar-refractivity contribution in [1.82, 2.24) is 0 Å². The molecule has 2 unspecified atom stereocenters. The number of benzene rings is 1. The molecule has 0 aromatic heterocycles. The fraction of sp³-hybridized carbons (Fsp3) is 0.385. The summed E-state index contributed by atoms with van der Waals surface area (Å²) in [6.45, 7) is 0.0594. The van der Waals surface area contributed by atoms with E-state index in [0.29, 0.717) is 12.1 Å². The average Bonchev–Trinajstić information content (AvgIpc) is 2.77. The number of hydrogen-bond acceptors (Lipinski definition) is 4. The predicted molar refractivity (Wildman–Crippen MR) is 68.9 cm³/mol. The molecule has 0 saturated carbocycles. The molecule has 6 nitrogen and oxygen atoms in total. The number of carbonyl (C=O) groups is 2. The summed E-state index contributed by atoms with van der Waals surface area (Å²) >= 11 is 0. The number of nitrogens with zero attached hydrogens (tertiary/aromatic N) is 1. The number of carbonyl (C=O) groups excluding carboxylic acids is 1. The Morgan fingerprint density at radius 2 is 2.21 bits per heavy atom. The lowest BCUT2D eigenvalue weighted by Gasteiger charge is -2.25. The van der Waals surface area contributed by atoms with Crippen molar-refractivity contribution in [2.24, 2.45) is 5.73 Å². The van der Waals surface area contributed by atoms with Gasteiger partial charge in [0.05, 0.1) is 6.61 Å². The number of methoxy groups -OCH3 is 1. The van der Waals surface area contributed by atoms with Crippen LogP contribution in [0.1, 0.15) is 5.56 Å². The summed E-state index contributed by atoms with van der Waals surface area (Å²) < 4.78 is 4.85. The minimum absolute atomic E-state index is 0.0594. The maximum atomic E-state index is 12.3. The Kier molecular flexibility index (Phi) is 3.82. The minimum Gasteiger partial charge on any atom is -0.480 e. The standard InChI is InChI=1S/C13H16N2O4/c1-19-7-9(14)12(16)15-10-5-3-2-4-8(10)6-11(15)13(17)18/h2-5,9,11H,6-7,14H2,1H3,(H,17,18). The molecule has 1 aliphatic heterocycles. The summed E-state index contributed by atoms with van der Waals surface area (Å²) in [6, 6.07) is 5.38. The lowest BCUT2D eigenvalue weighted by Crippen LogP contribution is -2.51. The quantitative estimate of drug-likeness (QED) is 0.798. The normalized spacial score (nSPS) is 19.1. The summed E-state index contributed by atoms with van der Waals surface area (Å²) in [5.41, 5.74) is 7.18. The number of carboxylic acid groups (broad SMARTS) is 1. The van der Waals surface area contributed by atoms with Gasteiger partial charge in [0.25, 0.3) is 0 Å². The highest BCUT2D eigenvalue weighted by atomic mass is 16.5. The van der Waals surface area contributed by atoms with Crippen LogP contribution in [0.15, 0.2) is 24.3 Å². The largest absolute Gasteiger partial charge is 0.480 e. The second-order valence-electron chi connectivity index (χ2n) is 4.46. The molecule has 1 heterocycles. The van der Waals surface area contributed by atoms with Crippen molar-refractivity contribution in [2.45, 2.75) is 18.5 Å². The van der Waals surface area contributed by atoms with Gasteiger partial charge in [0.2, 0.25) is 5.91 Å². The number of hydrogen-bond donors (Lipinski definition) is 2. The summed E-state index contributed by atoms with van der Waals surface area (Å²) in [4.78, 5) is 24.8. The first-order valence-corrected chi connectivity index (χ1v) is 5.94. The van der Waals surface area contributed by atoms with Gasteiger partial charge in [0, 0.05) is 19.2 Å². The van der Waals surface area contributed by atoms with E-state index in [9.17, 15) is 14.7 Å². The number of rotatable bonds is 4. The van der Waals surface area contributed by atoms with Gasteiger partial charge in [0.15, 0.2) is 0 Å². The molecule has 0 radical (unpaired) electrons. The minimum atomic E-state index is -1.03. The van der Waals surface area contributed by atoms with Crippen molar-refractivity contribution in [2.75, 3.05) is 18.6 Å². The number of nitrogens with two attached hydrogens (primary N) is 1. The Morgan fingerprint density at radius 3 is 2.84 bits per heavy atom. The molecule has 0 spiro atoms. The fourth-order valence-electron chi connectivity index (χ4n) is 2.29. The lowest BCUT2D eigenvalue weighted by molar-refractivity contribution is -0.140. The van der Waals surface area contributed by atoms with Gasteiger partial charge >= 0.3 is 5.97 Å².